The summed E-state index contributed by atoms with van der Waals surface area (Å²) in [5.41, 5.74) is 5.22. The molecule has 1 amide bonds. The number of halogens is 1. The number of carbonyl (C=O) groups excluding carboxylic acids is 1. The number of methoxy groups -OCH3 is 2. The highest BCUT2D eigenvalue weighted by Crippen LogP contribution is 2.35. The van der Waals surface area contributed by atoms with E-state index < -0.39 is 15.6 Å². The highest BCUT2D eigenvalue weighted by atomic mass is 35.5. The van der Waals surface area contributed by atoms with Crippen LogP contribution in [0.5, 0.6) is 11.5 Å². The molecule has 26 heavy (non-hydrogen) atoms. The molecule has 146 valence electrons. The van der Waals surface area contributed by atoms with Crippen molar-refractivity contribution in [3.8, 4) is 11.5 Å². The summed E-state index contributed by atoms with van der Waals surface area (Å²) in [6.45, 7) is 1.13. The van der Waals surface area contributed by atoms with Gasteiger partial charge in [0.1, 0.15) is 16.4 Å². The molecule has 0 aromatic heterocycles. The summed E-state index contributed by atoms with van der Waals surface area (Å²) in [6.07, 6.45) is 1.40. The molecule has 1 saturated carbocycles. The Morgan fingerprint density at radius 2 is 1.73 bits per heavy atom. The van der Waals surface area contributed by atoms with Crippen LogP contribution in [0, 0.1) is 0 Å². The molecular formula is C16H24ClN3O5S. The van der Waals surface area contributed by atoms with Crippen LogP contribution in [-0.2, 0) is 14.8 Å². The number of hydrogen-bond donors (Lipinski definition) is 1. The minimum Gasteiger partial charge on any atom is -0.497 e. The maximum absolute atomic E-state index is 13.0. The predicted molar refractivity (Wildman–Crippen MR) is 98.3 cm³/mol. The van der Waals surface area contributed by atoms with E-state index in [1.807, 2.05) is 0 Å². The molecule has 2 aliphatic rings. The number of hydrogen-bond acceptors (Lipinski definition) is 6. The topological polar surface area (TPSA) is 102 Å². The Bertz CT molecular complexity index is 774. The normalized spacial score (nSPS) is 19.4. The maximum atomic E-state index is 13.0. The van der Waals surface area contributed by atoms with Gasteiger partial charge in [0.05, 0.1) is 19.8 Å². The van der Waals surface area contributed by atoms with E-state index in [-0.39, 0.29) is 42.0 Å². The number of rotatable bonds is 5. The molecule has 0 unspecified atom stereocenters. The van der Waals surface area contributed by atoms with Crippen LogP contribution >= 0.6 is 12.4 Å². The van der Waals surface area contributed by atoms with E-state index >= 15 is 0 Å². The van der Waals surface area contributed by atoms with Crippen LogP contribution in [-0.4, -0.2) is 69.5 Å². The highest BCUT2D eigenvalue weighted by Gasteiger charge is 2.48. The molecule has 1 aliphatic heterocycles. The first-order chi connectivity index (χ1) is 11.8. The molecule has 0 radical (unpaired) electrons. The van der Waals surface area contributed by atoms with E-state index in [2.05, 4.69) is 0 Å². The third kappa shape index (κ3) is 3.75. The summed E-state index contributed by atoms with van der Waals surface area (Å²) in [7, 11) is -0.848. The van der Waals surface area contributed by atoms with E-state index in [0.29, 0.717) is 31.7 Å². The Morgan fingerprint density at radius 3 is 2.23 bits per heavy atom. The van der Waals surface area contributed by atoms with E-state index in [1.54, 1.807) is 17.0 Å². The highest BCUT2D eigenvalue weighted by molar-refractivity contribution is 7.89. The summed E-state index contributed by atoms with van der Waals surface area (Å²) in [6, 6.07) is 4.66. The van der Waals surface area contributed by atoms with Crippen molar-refractivity contribution in [3.63, 3.8) is 0 Å². The first kappa shape index (κ1) is 20.8. The third-order valence-corrected chi connectivity index (χ3v) is 6.65. The van der Waals surface area contributed by atoms with Crippen LogP contribution in [0.15, 0.2) is 23.1 Å². The van der Waals surface area contributed by atoms with Gasteiger partial charge in [0.15, 0.2) is 0 Å². The molecule has 1 aromatic rings. The van der Waals surface area contributed by atoms with Crippen molar-refractivity contribution in [2.75, 3.05) is 40.4 Å². The lowest BCUT2D eigenvalue weighted by molar-refractivity contribution is -0.134. The van der Waals surface area contributed by atoms with Crippen LogP contribution in [0.3, 0.4) is 0 Å². The molecule has 0 atom stereocenters. The van der Waals surface area contributed by atoms with Gasteiger partial charge >= 0.3 is 0 Å². The van der Waals surface area contributed by atoms with Crippen molar-refractivity contribution in [2.45, 2.75) is 23.3 Å². The van der Waals surface area contributed by atoms with Crippen molar-refractivity contribution in [1.29, 1.82) is 0 Å². The Labute approximate surface area is 159 Å². The van der Waals surface area contributed by atoms with Crippen LogP contribution in [0.1, 0.15) is 12.8 Å². The lowest BCUT2D eigenvalue weighted by Crippen LogP contribution is -2.55. The quantitative estimate of drug-likeness (QED) is 0.763. The summed E-state index contributed by atoms with van der Waals surface area (Å²) < 4.78 is 37.6. The first-order valence-corrected chi connectivity index (χ1v) is 9.56. The second-order valence-corrected chi connectivity index (χ2v) is 8.28. The van der Waals surface area contributed by atoms with Gasteiger partial charge in [-0.1, -0.05) is 0 Å². The third-order valence-electron chi connectivity index (χ3n) is 4.73. The molecule has 0 bridgehead atoms. The molecule has 1 aliphatic carbocycles. The zero-order chi connectivity index (χ0) is 18.2. The first-order valence-electron chi connectivity index (χ1n) is 8.12. The fourth-order valence-corrected chi connectivity index (χ4v) is 4.51. The van der Waals surface area contributed by atoms with Gasteiger partial charge in [-0.3, -0.25) is 4.79 Å². The minimum atomic E-state index is -3.75. The van der Waals surface area contributed by atoms with Crippen LogP contribution < -0.4 is 15.2 Å². The average Bonchev–Trinajstić information content (AvgIpc) is 3.39. The molecule has 1 saturated heterocycles. The van der Waals surface area contributed by atoms with Crippen molar-refractivity contribution in [1.82, 2.24) is 9.21 Å². The van der Waals surface area contributed by atoms with Gasteiger partial charge in [0.2, 0.25) is 15.9 Å². The average molecular weight is 406 g/mol. The van der Waals surface area contributed by atoms with E-state index in [4.69, 9.17) is 15.2 Å². The smallest absolute Gasteiger partial charge is 0.247 e. The van der Waals surface area contributed by atoms with Crippen molar-refractivity contribution in [3.05, 3.63) is 18.2 Å². The standard InChI is InChI=1S/C16H23N3O5S.ClH/c1-23-12-3-4-13(24-2)14(11-12)25(21,22)19-9-7-18(8-10-19)15(20)16(17)5-6-16;/h3-4,11H,5-10,17H2,1-2H3;1H. The second kappa shape index (κ2) is 7.59. The van der Waals surface area contributed by atoms with Gasteiger partial charge in [-0.05, 0) is 25.0 Å². The number of sulfonamides is 1. The predicted octanol–water partition coefficient (Wildman–Crippen LogP) is 0.450. The number of amides is 1. The number of nitrogens with zero attached hydrogens (tertiary/aromatic N) is 2. The Kier molecular flexibility index (Phi) is 6.06. The SMILES string of the molecule is COc1ccc(OC)c(S(=O)(=O)N2CCN(C(=O)C3(N)CC3)CC2)c1.Cl. The maximum Gasteiger partial charge on any atom is 0.247 e. The molecule has 3 rings (SSSR count). The number of benzene rings is 1. The zero-order valence-electron chi connectivity index (χ0n) is 14.8. The Balaban J connectivity index is 0.00000243. The van der Waals surface area contributed by atoms with Gasteiger partial charge in [-0.2, -0.15) is 4.31 Å². The summed E-state index contributed by atoms with van der Waals surface area (Å²) in [5, 5.41) is 0. The van der Waals surface area contributed by atoms with Crippen molar-refractivity contribution < 1.29 is 22.7 Å². The van der Waals surface area contributed by atoms with Crippen LogP contribution in [0.25, 0.3) is 0 Å². The van der Waals surface area contributed by atoms with Gasteiger partial charge < -0.3 is 20.1 Å². The molecule has 1 aromatic carbocycles. The van der Waals surface area contributed by atoms with Crippen LogP contribution in [0.4, 0.5) is 0 Å². The molecule has 2 N–H and O–H groups in total. The summed E-state index contributed by atoms with van der Waals surface area (Å²) in [5.74, 6) is 0.619. The van der Waals surface area contributed by atoms with Crippen LogP contribution in [0.2, 0.25) is 0 Å². The summed E-state index contributed by atoms with van der Waals surface area (Å²) >= 11 is 0. The monoisotopic (exact) mass is 405 g/mol. The van der Waals surface area contributed by atoms with Crippen molar-refractivity contribution in [2.24, 2.45) is 5.73 Å². The molecule has 0 spiro atoms. The van der Waals surface area contributed by atoms with E-state index in [0.717, 1.165) is 0 Å². The molecule has 10 heteroatoms. The number of carbonyl (C=O) groups is 1. The Hall–Kier alpha value is -1.55. The molecule has 8 nitrogen and oxygen atoms in total. The van der Waals surface area contributed by atoms with Gasteiger partial charge in [-0.15, -0.1) is 12.4 Å². The summed E-state index contributed by atoms with van der Waals surface area (Å²) in [4.78, 5) is 14.0. The van der Waals surface area contributed by atoms with Gasteiger partial charge in [0.25, 0.3) is 0 Å². The van der Waals surface area contributed by atoms with E-state index in [9.17, 15) is 13.2 Å². The number of piperazine rings is 1. The van der Waals surface area contributed by atoms with Gasteiger partial charge in [0, 0.05) is 32.2 Å². The fourth-order valence-electron chi connectivity index (χ4n) is 2.92. The number of ether oxygens (including phenoxy) is 2. The molecular weight excluding hydrogens is 382 g/mol. The Morgan fingerprint density at radius 1 is 1.12 bits per heavy atom. The molecule has 1 heterocycles. The molecule has 2 fully saturated rings. The zero-order valence-corrected chi connectivity index (χ0v) is 16.4. The lowest BCUT2D eigenvalue weighted by atomic mass is 10.2. The second-order valence-electron chi connectivity index (χ2n) is 6.37. The van der Waals surface area contributed by atoms with Crippen molar-refractivity contribution >= 4 is 28.3 Å². The van der Waals surface area contributed by atoms with E-state index in [1.165, 1.54) is 24.6 Å². The number of nitrogens with two attached hydrogens (primary N) is 1. The van der Waals surface area contributed by atoms with Gasteiger partial charge in [-0.25, -0.2) is 8.42 Å². The largest absolute Gasteiger partial charge is 0.497 e. The minimum absolute atomic E-state index is 0. The fraction of sp³-hybridized carbons (Fsp3) is 0.562. The lowest BCUT2D eigenvalue weighted by Gasteiger charge is -2.35.